The van der Waals surface area contributed by atoms with Crippen LogP contribution in [-0.4, -0.2) is 42.6 Å². The summed E-state index contributed by atoms with van der Waals surface area (Å²) in [7, 11) is 0. The standard InChI is InChI=1S/C12H24N2O2/c1-4-10-6-7-14(8-10)9-12(3,13)11(15)16-5-2/h10H,4-9,13H2,1-3H3. The highest BCUT2D eigenvalue weighted by Gasteiger charge is 2.34. The molecule has 0 aromatic carbocycles. The van der Waals surface area contributed by atoms with Gasteiger partial charge in [0.05, 0.1) is 6.61 Å². The number of esters is 1. The van der Waals surface area contributed by atoms with Crippen LogP contribution in [0.15, 0.2) is 0 Å². The number of ether oxygens (including phenoxy) is 1. The van der Waals surface area contributed by atoms with Gasteiger partial charge in [0.1, 0.15) is 5.54 Å². The van der Waals surface area contributed by atoms with E-state index in [0.717, 1.165) is 19.0 Å². The Morgan fingerprint density at radius 3 is 2.75 bits per heavy atom. The zero-order valence-corrected chi connectivity index (χ0v) is 10.7. The number of carbonyl (C=O) groups excluding carboxylic acids is 1. The number of carbonyl (C=O) groups is 1. The molecule has 1 fully saturated rings. The van der Waals surface area contributed by atoms with Gasteiger partial charge in [0.15, 0.2) is 0 Å². The zero-order chi connectivity index (χ0) is 12.2. The van der Waals surface area contributed by atoms with E-state index in [1.807, 2.05) is 0 Å². The van der Waals surface area contributed by atoms with Gasteiger partial charge in [-0.1, -0.05) is 13.3 Å². The van der Waals surface area contributed by atoms with Gasteiger partial charge in [0.25, 0.3) is 0 Å². The molecule has 0 saturated carbocycles. The van der Waals surface area contributed by atoms with Crippen LogP contribution in [0.2, 0.25) is 0 Å². The van der Waals surface area contributed by atoms with Crippen LogP contribution in [0.4, 0.5) is 0 Å². The molecule has 94 valence electrons. The molecule has 2 N–H and O–H groups in total. The lowest BCUT2D eigenvalue weighted by molar-refractivity contribution is -0.149. The number of likely N-dealkylation sites (tertiary alicyclic amines) is 1. The fourth-order valence-electron chi connectivity index (χ4n) is 2.21. The van der Waals surface area contributed by atoms with Crippen LogP contribution in [-0.2, 0) is 9.53 Å². The summed E-state index contributed by atoms with van der Waals surface area (Å²) in [5, 5.41) is 0. The molecule has 1 saturated heterocycles. The molecular weight excluding hydrogens is 204 g/mol. The number of hydrogen-bond acceptors (Lipinski definition) is 4. The Labute approximate surface area is 98.1 Å². The van der Waals surface area contributed by atoms with E-state index in [-0.39, 0.29) is 5.97 Å². The molecule has 1 aliphatic rings. The van der Waals surface area contributed by atoms with Crippen molar-refractivity contribution >= 4 is 5.97 Å². The van der Waals surface area contributed by atoms with Crippen molar-refractivity contribution in [2.24, 2.45) is 11.7 Å². The molecule has 2 atom stereocenters. The minimum absolute atomic E-state index is 0.296. The van der Waals surface area contributed by atoms with Gasteiger partial charge in [-0.2, -0.15) is 0 Å². The average molecular weight is 228 g/mol. The Morgan fingerprint density at radius 2 is 2.25 bits per heavy atom. The summed E-state index contributed by atoms with van der Waals surface area (Å²) >= 11 is 0. The Bertz CT molecular complexity index is 241. The normalized spacial score (nSPS) is 25.4. The first-order valence-electron chi connectivity index (χ1n) is 6.18. The summed E-state index contributed by atoms with van der Waals surface area (Å²) < 4.78 is 4.98. The molecule has 0 radical (unpaired) electrons. The van der Waals surface area contributed by atoms with Crippen molar-refractivity contribution in [2.75, 3.05) is 26.2 Å². The summed E-state index contributed by atoms with van der Waals surface area (Å²) in [6.07, 6.45) is 2.42. The third-order valence-electron chi connectivity index (χ3n) is 3.24. The molecule has 1 rings (SSSR count). The van der Waals surface area contributed by atoms with Crippen LogP contribution in [0.25, 0.3) is 0 Å². The van der Waals surface area contributed by atoms with Gasteiger partial charge in [-0.3, -0.25) is 4.79 Å². The summed E-state index contributed by atoms with van der Waals surface area (Å²) in [5.74, 6) is 0.466. The smallest absolute Gasteiger partial charge is 0.327 e. The molecule has 0 spiro atoms. The number of rotatable bonds is 5. The maximum absolute atomic E-state index is 11.6. The second-order valence-electron chi connectivity index (χ2n) is 4.94. The lowest BCUT2D eigenvalue weighted by atomic mass is 10.0. The van der Waals surface area contributed by atoms with Crippen molar-refractivity contribution in [3.05, 3.63) is 0 Å². The molecule has 0 bridgehead atoms. The molecule has 0 aliphatic carbocycles. The second kappa shape index (κ2) is 5.64. The molecule has 2 unspecified atom stereocenters. The van der Waals surface area contributed by atoms with E-state index >= 15 is 0 Å². The largest absolute Gasteiger partial charge is 0.465 e. The predicted molar refractivity (Wildman–Crippen MR) is 64.1 cm³/mol. The molecular formula is C12H24N2O2. The van der Waals surface area contributed by atoms with Crippen LogP contribution in [0.5, 0.6) is 0 Å². The van der Waals surface area contributed by atoms with Gasteiger partial charge in [-0.25, -0.2) is 0 Å². The van der Waals surface area contributed by atoms with E-state index < -0.39 is 5.54 Å². The number of nitrogens with zero attached hydrogens (tertiary/aromatic N) is 1. The van der Waals surface area contributed by atoms with Crippen molar-refractivity contribution < 1.29 is 9.53 Å². The van der Waals surface area contributed by atoms with Crippen LogP contribution in [0, 0.1) is 5.92 Å². The first kappa shape index (κ1) is 13.5. The van der Waals surface area contributed by atoms with E-state index in [1.165, 1.54) is 12.8 Å². The summed E-state index contributed by atoms with van der Waals surface area (Å²) in [5.41, 5.74) is 5.12. The highest BCUT2D eigenvalue weighted by Crippen LogP contribution is 2.20. The highest BCUT2D eigenvalue weighted by molar-refractivity contribution is 5.80. The second-order valence-corrected chi connectivity index (χ2v) is 4.94. The Morgan fingerprint density at radius 1 is 1.56 bits per heavy atom. The summed E-state index contributed by atoms with van der Waals surface area (Å²) in [4.78, 5) is 13.9. The minimum atomic E-state index is -0.876. The van der Waals surface area contributed by atoms with E-state index in [1.54, 1.807) is 13.8 Å². The van der Waals surface area contributed by atoms with Gasteiger partial charge < -0.3 is 15.4 Å². The van der Waals surface area contributed by atoms with Gasteiger partial charge >= 0.3 is 5.97 Å². The first-order valence-corrected chi connectivity index (χ1v) is 6.18. The fourth-order valence-corrected chi connectivity index (χ4v) is 2.21. The number of hydrogen-bond donors (Lipinski definition) is 1. The Balaban J connectivity index is 2.43. The Kier molecular flexibility index (Phi) is 4.74. The lowest BCUT2D eigenvalue weighted by Gasteiger charge is -2.27. The maximum Gasteiger partial charge on any atom is 0.327 e. The van der Waals surface area contributed by atoms with E-state index in [4.69, 9.17) is 10.5 Å². The zero-order valence-electron chi connectivity index (χ0n) is 10.7. The topological polar surface area (TPSA) is 55.6 Å². The van der Waals surface area contributed by atoms with Gasteiger partial charge in [0.2, 0.25) is 0 Å². The molecule has 0 amide bonds. The van der Waals surface area contributed by atoms with E-state index in [0.29, 0.717) is 13.2 Å². The first-order chi connectivity index (χ1) is 7.49. The van der Waals surface area contributed by atoms with Crippen LogP contribution >= 0.6 is 0 Å². The summed E-state index contributed by atoms with van der Waals surface area (Å²) in [6, 6.07) is 0. The van der Waals surface area contributed by atoms with Gasteiger partial charge in [-0.15, -0.1) is 0 Å². The molecule has 0 aromatic heterocycles. The molecule has 16 heavy (non-hydrogen) atoms. The highest BCUT2D eigenvalue weighted by atomic mass is 16.5. The van der Waals surface area contributed by atoms with Crippen molar-refractivity contribution in [1.82, 2.24) is 4.90 Å². The monoisotopic (exact) mass is 228 g/mol. The fraction of sp³-hybridized carbons (Fsp3) is 0.917. The van der Waals surface area contributed by atoms with E-state index in [9.17, 15) is 4.79 Å². The number of nitrogens with two attached hydrogens (primary N) is 1. The molecule has 0 aromatic rings. The average Bonchev–Trinajstić information content (AvgIpc) is 2.65. The van der Waals surface area contributed by atoms with Crippen molar-refractivity contribution in [1.29, 1.82) is 0 Å². The van der Waals surface area contributed by atoms with E-state index in [2.05, 4.69) is 11.8 Å². The third-order valence-corrected chi connectivity index (χ3v) is 3.24. The van der Waals surface area contributed by atoms with Crippen molar-refractivity contribution in [3.63, 3.8) is 0 Å². The predicted octanol–water partition coefficient (Wildman–Crippen LogP) is 0.999. The van der Waals surface area contributed by atoms with Gasteiger partial charge in [-0.05, 0) is 32.7 Å². The molecule has 1 aliphatic heterocycles. The molecule has 4 nitrogen and oxygen atoms in total. The summed E-state index contributed by atoms with van der Waals surface area (Å²) in [6.45, 7) is 8.86. The quantitative estimate of drug-likeness (QED) is 0.713. The lowest BCUT2D eigenvalue weighted by Crippen LogP contribution is -2.54. The SMILES string of the molecule is CCOC(=O)C(C)(N)CN1CCC(CC)C1. The van der Waals surface area contributed by atoms with Crippen LogP contribution < -0.4 is 5.73 Å². The third kappa shape index (κ3) is 3.46. The molecule has 4 heteroatoms. The minimum Gasteiger partial charge on any atom is -0.465 e. The van der Waals surface area contributed by atoms with Crippen molar-refractivity contribution in [3.8, 4) is 0 Å². The Hall–Kier alpha value is -0.610. The maximum atomic E-state index is 11.6. The van der Waals surface area contributed by atoms with Gasteiger partial charge in [0, 0.05) is 13.1 Å². The molecule has 1 heterocycles. The van der Waals surface area contributed by atoms with Crippen molar-refractivity contribution in [2.45, 2.75) is 39.2 Å². The van der Waals surface area contributed by atoms with Crippen LogP contribution in [0.1, 0.15) is 33.6 Å². The van der Waals surface area contributed by atoms with Crippen LogP contribution in [0.3, 0.4) is 0 Å².